The predicted molar refractivity (Wildman–Crippen MR) is 88.1 cm³/mol. The molecule has 0 N–H and O–H groups in total. The number of hydrogen-bond donors (Lipinski definition) is 0. The van der Waals surface area contributed by atoms with E-state index < -0.39 is 0 Å². The van der Waals surface area contributed by atoms with Crippen LogP contribution in [-0.4, -0.2) is 16.4 Å². The first kappa shape index (κ1) is 13.5. The lowest BCUT2D eigenvalue weighted by Gasteiger charge is -2.19. The summed E-state index contributed by atoms with van der Waals surface area (Å²) in [5, 5.41) is 0. The van der Waals surface area contributed by atoms with E-state index in [1.165, 1.54) is 4.90 Å². The highest BCUT2D eigenvalue weighted by Crippen LogP contribution is 2.32. The zero-order chi connectivity index (χ0) is 16.0. The van der Waals surface area contributed by atoms with Gasteiger partial charge in [-0.25, -0.2) is 4.90 Å². The number of amides is 2. The summed E-state index contributed by atoms with van der Waals surface area (Å²) in [6, 6.07) is 16.5. The Kier molecular flexibility index (Phi) is 2.91. The third-order valence-electron chi connectivity index (χ3n) is 4.19. The maximum atomic E-state index is 12.7. The molecule has 0 atom stereocenters. The minimum Gasteiger partial charge on any atom is -0.324 e. The van der Waals surface area contributed by atoms with Crippen molar-refractivity contribution in [1.82, 2.24) is 4.57 Å². The first-order chi connectivity index (χ1) is 11.2. The van der Waals surface area contributed by atoms with Crippen LogP contribution in [0.15, 0.2) is 67.0 Å². The van der Waals surface area contributed by atoms with E-state index in [9.17, 15) is 9.59 Å². The van der Waals surface area contributed by atoms with Crippen LogP contribution < -0.4 is 4.90 Å². The van der Waals surface area contributed by atoms with Gasteiger partial charge in [0.05, 0.1) is 16.8 Å². The van der Waals surface area contributed by atoms with Crippen molar-refractivity contribution in [2.75, 3.05) is 4.90 Å². The molecule has 4 heteroatoms. The summed E-state index contributed by atoms with van der Waals surface area (Å²) in [5.41, 5.74) is 3.39. The van der Waals surface area contributed by atoms with Crippen molar-refractivity contribution < 1.29 is 9.59 Å². The summed E-state index contributed by atoms with van der Waals surface area (Å²) < 4.78 is 1.97. The molecule has 0 saturated carbocycles. The molecule has 23 heavy (non-hydrogen) atoms. The molecule has 1 aromatic heterocycles. The second kappa shape index (κ2) is 4.95. The molecule has 2 heterocycles. The molecule has 0 unspecified atom stereocenters. The number of fused-ring (bicyclic) bond motifs is 1. The van der Waals surface area contributed by atoms with Crippen LogP contribution in [0.4, 0.5) is 5.69 Å². The fraction of sp³-hybridized carbons (Fsp3) is 0.0526. The summed E-state index contributed by atoms with van der Waals surface area (Å²) >= 11 is 0. The van der Waals surface area contributed by atoms with Gasteiger partial charge < -0.3 is 4.57 Å². The minimum absolute atomic E-state index is 0.265. The van der Waals surface area contributed by atoms with E-state index in [0.29, 0.717) is 16.8 Å². The maximum Gasteiger partial charge on any atom is 0.266 e. The van der Waals surface area contributed by atoms with Gasteiger partial charge >= 0.3 is 0 Å². The Morgan fingerprint density at radius 3 is 1.87 bits per heavy atom. The third kappa shape index (κ3) is 1.92. The standard InChI is InChI=1S/C19H14N2O2/c1-13-16(20-11-4-5-12-20)9-6-10-17(13)21-18(22)14-7-2-3-8-15(14)19(21)23/h2-12H,1H3. The number of nitrogens with zero attached hydrogens (tertiary/aromatic N) is 2. The molecule has 0 bridgehead atoms. The lowest BCUT2D eigenvalue weighted by atomic mass is 10.1. The van der Waals surface area contributed by atoms with Crippen molar-refractivity contribution in [3.05, 3.63) is 83.7 Å². The Bertz CT molecular complexity index is 891. The third-order valence-corrected chi connectivity index (χ3v) is 4.19. The summed E-state index contributed by atoms with van der Waals surface area (Å²) in [5.74, 6) is -0.531. The van der Waals surface area contributed by atoms with E-state index in [1.807, 2.05) is 54.2 Å². The van der Waals surface area contributed by atoms with E-state index in [2.05, 4.69) is 0 Å². The van der Waals surface area contributed by atoms with Gasteiger partial charge in [0.2, 0.25) is 0 Å². The normalized spacial score (nSPS) is 13.5. The number of benzene rings is 2. The van der Waals surface area contributed by atoms with E-state index in [4.69, 9.17) is 0 Å². The number of imide groups is 1. The first-order valence-electron chi connectivity index (χ1n) is 7.39. The number of rotatable bonds is 2. The van der Waals surface area contributed by atoms with Gasteiger partial charge in [-0.1, -0.05) is 18.2 Å². The molecule has 0 radical (unpaired) electrons. The Hall–Kier alpha value is -3.14. The molecule has 112 valence electrons. The van der Waals surface area contributed by atoms with Crippen molar-refractivity contribution >= 4 is 17.5 Å². The van der Waals surface area contributed by atoms with Crippen molar-refractivity contribution in [3.63, 3.8) is 0 Å². The lowest BCUT2D eigenvalue weighted by molar-refractivity contribution is 0.0926. The second-order valence-electron chi connectivity index (χ2n) is 5.50. The zero-order valence-corrected chi connectivity index (χ0v) is 12.6. The Morgan fingerprint density at radius 1 is 0.696 bits per heavy atom. The Morgan fingerprint density at radius 2 is 1.26 bits per heavy atom. The van der Waals surface area contributed by atoms with Crippen LogP contribution in [0.5, 0.6) is 0 Å². The molecule has 4 rings (SSSR count). The number of anilines is 1. The van der Waals surface area contributed by atoms with E-state index in [1.54, 1.807) is 24.3 Å². The second-order valence-corrected chi connectivity index (χ2v) is 5.50. The van der Waals surface area contributed by atoms with Gasteiger partial charge in [0.25, 0.3) is 11.8 Å². The van der Waals surface area contributed by atoms with E-state index >= 15 is 0 Å². The van der Waals surface area contributed by atoms with Crippen LogP contribution in [0.3, 0.4) is 0 Å². The first-order valence-corrected chi connectivity index (χ1v) is 7.39. The fourth-order valence-electron chi connectivity index (χ4n) is 3.04. The van der Waals surface area contributed by atoms with Crippen molar-refractivity contribution in [1.29, 1.82) is 0 Å². The van der Waals surface area contributed by atoms with Crippen molar-refractivity contribution in [2.45, 2.75) is 6.92 Å². The highest BCUT2D eigenvalue weighted by atomic mass is 16.2. The average molecular weight is 302 g/mol. The SMILES string of the molecule is Cc1c(N2C(=O)c3ccccc3C2=O)cccc1-n1cccc1. The predicted octanol–water partition coefficient (Wildman–Crippen LogP) is 3.59. The highest BCUT2D eigenvalue weighted by molar-refractivity contribution is 6.34. The van der Waals surface area contributed by atoms with Gasteiger partial charge in [0.15, 0.2) is 0 Å². The highest BCUT2D eigenvalue weighted by Gasteiger charge is 2.37. The van der Waals surface area contributed by atoms with Gasteiger partial charge in [0.1, 0.15) is 0 Å². The molecular weight excluding hydrogens is 288 g/mol. The molecule has 2 aromatic carbocycles. The van der Waals surface area contributed by atoms with Gasteiger partial charge in [-0.05, 0) is 48.9 Å². The van der Waals surface area contributed by atoms with Gasteiger partial charge in [-0.3, -0.25) is 9.59 Å². The number of aromatic nitrogens is 1. The molecular formula is C19H14N2O2. The van der Waals surface area contributed by atoms with Gasteiger partial charge in [-0.2, -0.15) is 0 Å². The molecule has 4 nitrogen and oxygen atoms in total. The summed E-state index contributed by atoms with van der Waals surface area (Å²) in [6.07, 6.45) is 3.88. The molecule has 0 aliphatic carbocycles. The Labute approximate surface area is 133 Å². The summed E-state index contributed by atoms with van der Waals surface area (Å²) in [7, 11) is 0. The van der Waals surface area contributed by atoms with Crippen LogP contribution in [-0.2, 0) is 0 Å². The van der Waals surface area contributed by atoms with Crippen molar-refractivity contribution in [3.8, 4) is 5.69 Å². The van der Waals surface area contributed by atoms with E-state index in [0.717, 1.165) is 11.3 Å². The fourth-order valence-corrected chi connectivity index (χ4v) is 3.04. The summed E-state index contributed by atoms with van der Waals surface area (Å²) in [6.45, 7) is 1.92. The lowest BCUT2D eigenvalue weighted by Crippen LogP contribution is -2.30. The maximum absolute atomic E-state index is 12.7. The largest absolute Gasteiger partial charge is 0.324 e. The minimum atomic E-state index is -0.265. The van der Waals surface area contributed by atoms with Gasteiger partial charge in [0, 0.05) is 18.1 Å². The average Bonchev–Trinajstić information content (AvgIpc) is 3.17. The summed E-state index contributed by atoms with van der Waals surface area (Å²) in [4.78, 5) is 26.6. The molecule has 3 aromatic rings. The van der Waals surface area contributed by atoms with E-state index in [-0.39, 0.29) is 11.8 Å². The number of carbonyl (C=O) groups excluding carboxylic acids is 2. The van der Waals surface area contributed by atoms with Crippen LogP contribution in [0, 0.1) is 6.92 Å². The molecule has 0 saturated heterocycles. The van der Waals surface area contributed by atoms with Crippen molar-refractivity contribution in [2.24, 2.45) is 0 Å². The smallest absolute Gasteiger partial charge is 0.266 e. The molecule has 1 aliphatic heterocycles. The number of hydrogen-bond acceptors (Lipinski definition) is 2. The quantitative estimate of drug-likeness (QED) is 0.679. The Balaban J connectivity index is 1.86. The molecule has 1 aliphatic rings. The molecule has 0 spiro atoms. The molecule has 2 amide bonds. The van der Waals surface area contributed by atoms with Crippen LogP contribution >= 0.6 is 0 Å². The van der Waals surface area contributed by atoms with Gasteiger partial charge in [-0.15, -0.1) is 0 Å². The number of carbonyl (C=O) groups is 2. The van der Waals surface area contributed by atoms with Crippen LogP contribution in [0.2, 0.25) is 0 Å². The molecule has 0 fully saturated rings. The monoisotopic (exact) mass is 302 g/mol. The van der Waals surface area contributed by atoms with Crippen LogP contribution in [0.1, 0.15) is 26.3 Å². The topological polar surface area (TPSA) is 42.3 Å². The zero-order valence-electron chi connectivity index (χ0n) is 12.6. The van der Waals surface area contributed by atoms with Crippen LogP contribution in [0.25, 0.3) is 5.69 Å².